The second-order valence-electron chi connectivity index (χ2n) is 7.92. The van der Waals surface area contributed by atoms with Gasteiger partial charge in [0.05, 0.1) is 18.2 Å². The predicted molar refractivity (Wildman–Crippen MR) is 125 cm³/mol. The lowest BCUT2D eigenvalue weighted by Gasteiger charge is -2.29. The van der Waals surface area contributed by atoms with Crippen molar-refractivity contribution in [3.63, 3.8) is 0 Å². The predicted octanol–water partition coefficient (Wildman–Crippen LogP) is 5.78. The molecule has 0 aliphatic carbocycles. The number of ether oxygens (including phenoxy) is 2. The van der Waals surface area contributed by atoms with Gasteiger partial charge in [-0.05, 0) is 60.0 Å². The number of methoxy groups -OCH3 is 1. The average molecular weight is 448 g/mol. The Morgan fingerprint density at radius 3 is 2.50 bits per heavy atom. The first kappa shape index (κ1) is 20.6. The number of rotatable bonds is 4. The van der Waals surface area contributed by atoms with E-state index in [-0.39, 0.29) is 5.63 Å². The summed E-state index contributed by atoms with van der Waals surface area (Å²) >= 11 is 6.00. The first-order chi connectivity index (χ1) is 15.5. The topological polar surface area (TPSA) is 51.9 Å². The molecule has 5 nitrogen and oxygen atoms in total. The molecule has 1 aliphatic rings. The van der Waals surface area contributed by atoms with Gasteiger partial charge in [-0.3, -0.25) is 4.90 Å². The van der Waals surface area contributed by atoms with Gasteiger partial charge >= 0.3 is 5.63 Å². The number of fused-ring (bicyclic) bond motifs is 3. The molecule has 6 heteroatoms. The molecule has 162 valence electrons. The highest BCUT2D eigenvalue weighted by atomic mass is 35.5. The summed E-state index contributed by atoms with van der Waals surface area (Å²) in [7, 11) is 1.62. The summed E-state index contributed by atoms with van der Waals surface area (Å²) in [4.78, 5) is 15.2. The molecule has 5 rings (SSSR count). The molecule has 0 bridgehead atoms. The Balaban J connectivity index is 1.53. The van der Waals surface area contributed by atoms with Crippen LogP contribution in [-0.2, 0) is 13.1 Å². The van der Waals surface area contributed by atoms with Gasteiger partial charge in [0, 0.05) is 23.5 Å². The minimum Gasteiger partial charge on any atom is -0.497 e. The Bertz CT molecular complexity index is 1340. The average Bonchev–Trinajstić information content (AvgIpc) is 2.81. The van der Waals surface area contributed by atoms with Crippen LogP contribution in [-0.4, -0.2) is 18.7 Å². The van der Waals surface area contributed by atoms with Crippen molar-refractivity contribution < 1.29 is 13.9 Å². The van der Waals surface area contributed by atoms with Gasteiger partial charge in [0.2, 0.25) is 0 Å². The molecule has 0 saturated heterocycles. The minimum absolute atomic E-state index is 0.358. The van der Waals surface area contributed by atoms with Crippen molar-refractivity contribution in [3.8, 4) is 22.6 Å². The number of nitrogens with zero attached hydrogens (tertiary/aromatic N) is 1. The largest absolute Gasteiger partial charge is 0.497 e. The van der Waals surface area contributed by atoms with Crippen molar-refractivity contribution in [1.82, 2.24) is 4.90 Å². The molecule has 4 aromatic rings. The summed E-state index contributed by atoms with van der Waals surface area (Å²) in [5.74, 6) is 1.49. The summed E-state index contributed by atoms with van der Waals surface area (Å²) < 4.78 is 17.1. The second-order valence-corrected chi connectivity index (χ2v) is 8.36. The zero-order valence-corrected chi connectivity index (χ0v) is 18.6. The molecule has 0 saturated carbocycles. The lowest BCUT2D eigenvalue weighted by Crippen LogP contribution is -2.31. The first-order valence-corrected chi connectivity index (χ1v) is 10.7. The Morgan fingerprint density at radius 1 is 1.03 bits per heavy atom. The van der Waals surface area contributed by atoms with Crippen molar-refractivity contribution in [3.05, 3.63) is 92.8 Å². The van der Waals surface area contributed by atoms with E-state index in [0.29, 0.717) is 36.0 Å². The van der Waals surface area contributed by atoms with E-state index in [1.165, 1.54) is 0 Å². The van der Waals surface area contributed by atoms with Gasteiger partial charge in [-0.25, -0.2) is 4.79 Å². The second kappa shape index (κ2) is 8.34. The molecule has 0 N–H and O–H groups in total. The van der Waals surface area contributed by atoms with E-state index in [0.717, 1.165) is 39.1 Å². The van der Waals surface area contributed by atoms with E-state index < -0.39 is 0 Å². The highest BCUT2D eigenvalue weighted by Gasteiger charge is 2.24. The van der Waals surface area contributed by atoms with Crippen LogP contribution in [0.4, 0.5) is 0 Å². The van der Waals surface area contributed by atoms with Crippen molar-refractivity contribution in [2.45, 2.75) is 20.0 Å². The standard InChI is InChI=1S/C26H22ClNO4/c1-16-21-11-12-23-22(14-28(15-31-23)13-17-3-7-19(27)8-4-17)25(21)32-26(29)24(16)18-5-9-20(30-2)10-6-18/h3-12H,13-15H2,1-2H3. The van der Waals surface area contributed by atoms with Gasteiger partial charge in [0.1, 0.15) is 23.8 Å². The quantitative estimate of drug-likeness (QED) is 0.371. The molecule has 1 aliphatic heterocycles. The van der Waals surface area contributed by atoms with E-state index in [1.807, 2.05) is 67.6 Å². The molecule has 0 atom stereocenters. The van der Waals surface area contributed by atoms with Crippen LogP contribution in [0.1, 0.15) is 16.7 Å². The molecule has 0 unspecified atom stereocenters. The third-order valence-electron chi connectivity index (χ3n) is 5.88. The highest BCUT2D eigenvalue weighted by molar-refractivity contribution is 6.30. The number of aryl methyl sites for hydroxylation is 1. The van der Waals surface area contributed by atoms with E-state index in [1.54, 1.807) is 7.11 Å². The number of hydrogen-bond acceptors (Lipinski definition) is 5. The van der Waals surface area contributed by atoms with Gasteiger partial charge in [-0.2, -0.15) is 0 Å². The third kappa shape index (κ3) is 3.74. The fourth-order valence-electron chi connectivity index (χ4n) is 4.21. The van der Waals surface area contributed by atoms with Crippen LogP contribution in [0, 0.1) is 6.92 Å². The fourth-order valence-corrected chi connectivity index (χ4v) is 4.34. The molecule has 3 aromatic carbocycles. The molecule has 0 spiro atoms. The van der Waals surface area contributed by atoms with Crippen molar-refractivity contribution >= 4 is 22.6 Å². The molecule has 32 heavy (non-hydrogen) atoms. The van der Waals surface area contributed by atoms with Crippen LogP contribution in [0.2, 0.25) is 5.02 Å². The molecule has 2 heterocycles. The Labute approximate surface area is 190 Å². The highest BCUT2D eigenvalue weighted by Crippen LogP contribution is 2.36. The SMILES string of the molecule is COc1ccc(-c2c(C)c3ccc4c(c3oc2=O)CN(Cc2ccc(Cl)cc2)CO4)cc1. The molecular weight excluding hydrogens is 426 g/mol. The third-order valence-corrected chi connectivity index (χ3v) is 6.13. The summed E-state index contributed by atoms with van der Waals surface area (Å²) in [5, 5.41) is 1.62. The zero-order valence-electron chi connectivity index (χ0n) is 17.9. The zero-order chi connectivity index (χ0) is 22.2. The van der Waals surface area contributed by atoms with E-state index in [9.17, 15) is 4.79 Å². The van der Waals surface area contributed by atoms with Crippen LogP contribution in [0.5, 0.6) is 11.5 Å². The number of hydrogen-bond donors (Lipinski definition) is 0. The van der Waals surface area contributed by atoms with Gasteiger partial charge in [0.15, 0.2) is 0 Å². The maximum atomic E-state index is 13.0. The molecule has 0 amide bonds. The first-order valence-electron chi connectivity index (χ1n) is 10.4. The van der Waals surface area contributed by atoms with Crippen molar-refractivity contribution in [1.29, 1.82) is 0 Å². The molecule has 0 radical (unpaired) electrons. The van der Waals surface area contributed by atoms with Crippen LogP contribution < -0.4 is 15.1 Å². The van der Waals surface area contributed by atoms with Crippen LogP contribution in [0.25, 0.3) is 22.1 Å². The Hall–Kier alpha value is -3.28. The van der Waals surface area contributed by atoms with Gasteiger partial charge in [-0.15, -0.1) is 0 Å². The fraction of sp³-hybridized carbons (Fsp3) is 0.192. The lowest BCUT2D eigenvalue weighted by atomic mass is 9.97. The monoisotopic (exact) mass is 447 g/mol. The smallest absolute Gasteiger partial charge is 0.344 e. The summed E-state index contributed by atoms with van der Waals surface area (Å²) in [6.07, 6.45) is 0. The normalized spacial score (nSPS) is 13.6. The van der Waals surface area contributed by atoms with E-state index in [4.69, 9.17) is 25.5 Å². The summed E-state index contributed by atoms with van der Waals surface area (Å²) in [6, 6.07) is 19.1. The van der Waals surface area contributed by atoms with Crippen molar-refractivity contribution in [2.75, 3.05) is 13.8 Å². The molecular formula is C26H22ClNO4. The van der Waals surface area contributed by atoms with E-state index >= 15 is 0 Å². The van der Waals surface area contributed by atoms with Crippen LogP contribution >= 0.6 is 11.6 Å². The van der Waals surface area contributed by atoms with Gasteiger partial charge < -0.3 is 13.9 Å². The Morgan fingerprint density at radius 2 is 1.78 bits per heavy atom. The summed E-state index contributed by atoms with van der Waals surface area (Å²) in [6.45, 7) is 3.76. The summed E-state index contributed by atoms with van der Waals surface area (Å²) in [5.41, 5.74) is 4.52. The lowest BCUT2D eigenvalue weighted by molar-refractivity contribution is 0.0890. The number of benzene rings is 3. The van der Waals surface area contributed by atoms with Gasteiger partial charge in [0.25, 0.3) is 0 Å². The van der Waals surface area contributed by atoms with Crippen LogP contribution in [0.15, 0.2) is 69.9 Å². The van der Waals surface area contributed by atoms with Gasteiger partial charge in [-0.1, -0.05) is 35.9 Å². The van der Waals surface area contributed by atoms with Crippen molar-refractivity contribution in [2.24, 2.45) is 0 Å². The molecule has 0 fully saturated rings. The molecule has 1 aromatic heterocycles. The van der Waals surface area contributed by atoms with Crippen LogP contribution in [0.3, 0.4) is 0 Å². The minimum atomic E-state index is -0.358. The Kier molecular flexibility index (Phi) is 5.37. The maximum Gasteiger partial charge on any atom is 0.344 e. The van der Waals surface area contributed by atoms with E-state index in [2.05, 4.69) is 4.90 Å². The maximum absolute atomic E-state index is 13.0. The number of halogens is 1.